The summed E-state index contributed by atoms with van der Waals surface area (Å²) < 4.78 is 21.2. The number of unbranched alkanes of at least 4 members (excludes halogenated alkanes) is 15. The maximum absolute atomic E-state index is 10.00. The Morgan fingerprint density at radius 2 is 1.37 bits per heavy atom. The lowest BCUT2D eigenvalue weighted by molar-refractivity contribution is -0.223. The molecule has 0 radical (unpaired) electrons. The van der Waals surface area contributed by atoms with Crippen molar-refractivity contribution in [2.24, 2.45) is 22.9 Å². The lowest BCUT2D eigenvalue weighted by Gasteiger charge is -2.58. The molecule has 1 aliphatic heterocycles. The van der Waals surface area contributed by atoms with Crippen molar-refractivity contribution < 1.29 is 29.3 Å². The van der Waals surface area contributed by atoms with Gasteiger partial charge in [-0.25, -0.2) is 0 Å². The average molecular weight is 908 g/mol. The summed E-state index contributed by atoms with van der Waals surface area (Å²) in [5.41, 5.74) is 5.61. The van der Waals surface area contributed by atoms with Crippen molar-refractivity contribution in [3.05, 3.63) is 103 Å². The van der Waals surface area contributed by atoms with Crippen LogP contribution >= 0.6 is 11.8 Å². The monoisotopic (exact) mass is 908 g/mol. The van der Waals surface area contributed by atoms with Crippen molar-refractivity contribution in [1.29, 1.82) is 0 Å². The van der Waals surface area contributed by atoms with Crippen LogP contribution in [-0.2, 0) is 9.57 Å². The van der Waals surface area contributed by atoms with Crippen molar-refractivity contribution >= 4 is 17.5 Å². The Morgan fingerprint density at radius 3 is 2.02 bits per heavy atom. The molecule has 1 saturated carbocycles. The molecule has 0 spiro atoms. The van der Waals surface area contributed by atoms with E-state index in [0.717, 1.165) is 84.8 Å². The van der Waals surface area contributed by atoms with Gasteiger partial charge in [0.2, 0.25) is 5.79 Å². The van der Waals surface area contributed by atoms with Crippen LogP contribution in [0.3, 0.4) is 0 Å². The lowest BCUT2D eigenvalue weighted by atomic mass is 9.56. The van der Waals surface area contributed by atoms with Crippen molar-refractivity contribution in [2.75, 3.05) is 32.2 Å². The van der Waals surface area contributed by atoms with Crippen LogP contribution < -0.4 is 9.47 Å². The lowest BCUT2D eigenvalue weighted by Crippen LogP contribution is -2.64. The van der Waals surface area contributed by atoms with Gasteiger partial charge in [0.25, 0.3) is 0 Å². The molecular formula is C57H81NO6S. The van der Waals surface area contributed by atoms with Gasteiger partial charge in [-0.1, -0.05) is 163 Å². The van der Waals surface area contributed by atoms with Gasteiger partial charge in [-0.05, 0) is 104 Å². The van der Waals surface area contributed by atoms with E-state index in [-0.39, 0.29) is 42.1 Å². The van der Waals surface area contributed by atoms with Crippen LogP contribution in [0.5, 0.6) is 17.2 Å². The van der Waals surface area contributed by atoms with Crippen LogP contribution in [0.25, 0.3) is 11.1 Å². The van der Waals surface area contributed by atoms with E-state index in [2.05, 4.69) is 68.1 Å². The quantitative estimate of drug-likeness (QED) is 0.0366. The van der Waals surface area contributed by atoms with E-state index in [1.807, 2.05) is 49.0 Å². The van der Waals surface area contributed by atoms with Crippen LogP contribution in [0.15, 0.2) is 102 Å². The van der Waals surface area contributed by atoms with Gasteiger partial charge < -0.3 is 29.3 Å². The molecule has 0 aromatic heterocycles. The molecule has 6 rings (SSSR count). The number of allylic oxidation sites excluding steroid dienone is 1. The summed E-state index contributed by atoms with van der Waals surface area (Å²) in [5, 5.41) is 24.7. The number of oxime groups is 1. The van der Waals surface area contributed by atoms with Crippen molar-refractivity contribution in [3.8, 4) is 28.4 Å². The number of benzene rings is 3. The molecule has 1 heterocycles. The topological polar surface area (TPSA) is 89.7 Å². The Hall–Kier alpha value is -3.56. The standard InChI is InChI=1S/C57H81NO6S/c1-4-7-8-9-10-11-12-13-14-15-16-17-18-26-40-65-54-43-52(58-62-6-3)50-41-46(29-22-24-37-59)49(30-23-25-38-60)55-51-42-48(35-36-53(51)64-57(54,56(50)55)61-39-5-2)63-47-33-31-45(32-34-47)44-27-20-19-21-28-44/h5,19-21,27-28,31-36,41-42,46,49,54-56,59-60H,2,4,6-18,22-26,29-30,37-40,43H2,1,3H3/t46-,49+,54-,55+,56+,57+/m0/s1. The Morgan fingerprint density at radius 1 is 0.738 bits per heavy atom. The zero-order valence-electron chi connectivity index (χ0n) is 39.9. The van der Waals surface area contributed by atoms with Gasteiger partial charge in [-0.2, -0.15) is 11.8 Å². The number of aliphatic hydroxyl groups excluding tert-OH is 2. The number of thioether (sulfide) groups is 1. The van der Waals surface area contributed by atoms with Crippen LogP contribution in [0, 0.1) is 17.8 Å². The summed E-state index contributed by atoms with van der Waals surface area (Å²) in [6.45, 7) is 9.62. The van der Waals surface area contributed by atoms with Crippen LogP contribution in [0.1, 0.15) is 160 Å². The minimum atomic E-state index is -0.954. The predicted molar refractivity (Wildman–Crippen MR) is 271 cm³/mol. The zero-order valence-corrected chi connectivity index (χ0v) is 40.8. The second-order valence-electron chi connectivity index (χ2n) is 18.6. The first-order valence-electron chi connectivity index (χ1n) is 25.7. The van der Waals surface area contributed by atoms with Crippen molar-refractivity contribution in [2.45, 2.75) is 166 Å². The first-order valence-corrected chi connectivity index (χ1v) is 26.8. The van der Waals surface area contributed by atoms with E-state index >= 15 is 0 Å². The molecule has 0 amide bonds. The number of aliphatic hydroxyl groups is 2. The maximum atomic E-state index is 10.00. The van der Waals surface area contributed by atoms with E-state index in [1.165, 1.54) is 94.6 Å². The molecule has 1 fully saturated rings. The van der Waals surface area contributed by atoms with Gasteiger partial charge in [-0.15, -0.1) is 6.58 Å². The Labute approximate surface area is 396 Å². The van der Waals surface area contributed by atoms with E-state index < -0.39 is 5.79 Å². The molecule has 0 saturated heterocycles. The molecule has 3 aliphatic rings. The van der Waals surface area contributed by atoms with Crippen LogP contribution in [0.4, 0.5) is 0 Å². The van der Waals surface area contributed by atoms with E-state index in [4.69, 9.17) is 24.2 Å². The zero-order chi connectivity index (χ0) is 45.5. The first kappa shape index (κ1) is 50.8. The van der Waals surface area contributed by atoms with Gasteiger partial charge in [0.15, 0.2) is 0 Å². The normalized spacial score (nSPS) is 22.7. The van der Waals surface area contributed by atoms with Gasteiger partial charge in [-0.3, -0.25) is 0 Å². The summed E-state index contributed by atoms with van der Waals surface area (Å²) in [6, 6.07) is 25.1. The second kappa shape index (κ2) is 27.9. The summed E-state index contributed by atoms with van der Waals surface area (Å²) in [5.74, 6) is 2.82. The van der Waals surface area contributed by atoms with Gasteiger partial charge in [0.05, 0.1) is 23.5 Å². The van der Waals surface area contributed by atoms with Gasteiger partial charge >= 0.3 is 0 Å². The molecule has 3 aromatic rings. The van der Waals surface area contributed by atoms with E-state index in [9.17, 15) is 10.2 Å². The third-order valence-electron chi connectivity index (χ3n) is 13.9. The van der Waals surface area contributed by atoms with E-state index in [1.54, 1.807) is 0 Å². The largest absolute Gasteiger partial charge is 0.460 e. The molecule has 8 heteroatoms. The second-order valence-corrected chi connectivity index (χ2v) is 19.9. The highest BCUT2D eigenvalue weighted by atomic mass is 32.2. The highest BCUT2D eigenvalue weighted by Crippen LogP contribution is 2.62. The van der Waals surface area contributed by atoms with Crippen molar-refractivity contribution in [1.82, 2.24) is 0 Å². The Kier molecular flexibility index (Phi) is 21.8. The molecule has 0 bridgehead atoms. The number of nitrogens with zero attached hydrogens (tertiary/aromatic N) is 1. The number of ether oxygens (including phenoxy) is 3. The molecule has 7 nitrogen and oxygen atoms in total. The molecule has 2 aliphatic carbocycles. The third-order valence-corrected chi connectivity index (χ3v) is 15.4. The third kappa shape index (κ3) is 14.2. The van der Waals surface area contributed by atoms with Gasteiger partial charge in [0, 0.05) is 31.1 Å². The number of hydrogen-bond acceptors (Lipinski definition) is 8. The molecular weight excluding hydrogens is 827 g/mol. The number of fused-ring (bicyclic) bond motifs is 2. The highest BCUT2D eigenvalue weighted by Gasteiger charge is 2.64. The maximum Gasteiger partial charge on any atom is 0.230 e. The van der Waals surface area contributed by atoms with E-state index in [0.29, 0.717) is 19.6 Å². The Bertz CT molecular complexity index is 1880. The highest BCUT2D eigenvalue weighted by molar-refractivity contribution is 8.00. The van der Waals surface area contributed by atoms with Gasteiger partial charge in [0.1, 0.15) is 23.9 Å². The summed E-state index contributed by atoms with van der Waals surface area (Å²) in [7, 11) is 0. The van der Waals surface area contributed by atoms with Crippen molar-refractivity contribution in [3.63, 3.8) is 0 Å². The molecule has 356 valence electrons. The average Bonchev–Trinajstić information content (AvgIpc) is 3.33. The Balaban J connectivity index is 1.26. The number of hydrogen-bond donors (Lipinski definition) is 2. The smallest absolute Gasteiger partial charge is 0.230 e. The predicted octanol–water partition coefficient (Wildman–Crippen LogP) is 15.0. The molecule has 3 aromatic carbocycles. The summed E-state index contributed by atoms with van der Waals surface area (Å²) >= 11 is 1.98. The van der Waals surface area contributed by atoms with Crippen LogP contribution in [-0.4, -0.2) is 59.1 Å². The molecule has 2 N–H and O–H groups in total. The fourth-order valence-corrected chi connectivity index (χ4v) is 12.1. The summed E-state index contributed by atoms with van der Waals surface area (Å²) in [6.07, 6.45) is 29.1. The van der Waals surface area contributed by atoms with Crippen LogP contribution in [0.2, 0.25) is 0 Å². The molecule has 65 heavy (non-hydrogen) atoms. The SMILES string of the molecule is C=CCO[C@@]12Oc3ccc(Oc4ccc(-c5ccccc5)cc4)cc3[C@H]3[C@H](CCCCO)[C@@H](CCCCO)C=C(C(=NOCC)C[C@@H]1SCCCCCCCCCCCCCCCC)[C@H]32. The molecule has 0 unspecified atom stereocenters. The minimum Gasteiger partial charge on any atom is -0.460 e. The first-order chi connectivity index (χ1) is 32.1. The fourth-order valence-electron chi connectivity index (χ4n) is 10.7. The number of rotatable bonds is 32. The summed E-state index contributed by atoms with van der Waals surface area (Å²) in [4.78, 5) is 5.93. The molecule has 6 atom stereocenters. The minimum absolute atomic E-state index is 0.0236. The fraction of sp³-hybridized carbons (Fsp3) is 0.596.